The Balaban J connectivity index is 0.000000583. The average molecular weight is 226 g/mol. The molecule has 9 heteroatoms. The first-order valence-corrected chi connectivity index (χ1v) is 3.56. The fourth-order valence-electron chi connectivity index (χ4n) is 0.823. The number of aliphatic hydroxyl groups is 4. The minimum absolute atomic E-state index is 0.671. The molecule has 0 saturated heterocycles. The molecule has 0 aromatic rings. The molecular formula is C6H10O9. The van der Waals surface area contributed by atoms with Crippen molar-refractivity contribution in [1.82, 2.24) is 0 Å². The van der Waals surface area contributed by atoms with E-state index in [2.05, 4.69) is 9.78 Å². The van der Waals surface area contributed by atoms with Crippen LogP contribution in [0.2, 0.25) is 0 Å². The molecule has 0 spiro atoms. The van der Waals surface area contributed by atoms with Gasteiger partial charge in [0.25, 0.3) is 0 Å². The molecule has 1 rings (SSSR count). The summed E-state index contributed by atoms with van der Waals surface area (Å²) in [6, 6.07) is 0. The predicted octanol–water partition coefficient (Wildman–Crippen LogP) is -1.46. The number of ether oxygens (including phenoxy) is 1. The summed E-state index contributed by atoms with van der Waals surface area (Å²) in [7, 11) is 0. The molecule has 88 valence electrons. The molecule has 2 atom stereocenters. The van der Waals surface area contributed by atoms with E-state index in [0.29, 0.717) is 0 Å². The Labute approximate surface area is 82.9 Å². The highest BCUT2D eigenvalue weighted by molar-refractivity contribution is 5.89. The molecule has 1 heterocycles. The Morgan fingerprint density at radius 2 is 1.87 bits per heavy atom. The average Bonchev–Trinajstić information content (AvgIpc) is 2.46. The van der Waals surface area contributed by atoms with Crippen molar-refractivity contribution in [3.8, 4) is 0 Å². The van der Waals surface area contributed by atoms with E-state index in [0.717, 1.165) is 0 Å². The van der Waals surface area contributed by atoms with Gasteiger partial charge in [-0.3, -0.25) is 0 Å². The van der Waals surface area contributed by atoms with Crippen LogP contribution in [0.4, 0.5) is 0 Å². The van der Waals surface area contributed by atoms with Gasteiger partial charge in [0.2, 0.25) is 5.76 Å². The van der Waals surface area contributed by atoms with Crippen LogP contribution in [-0.4, -0.2) is 55.7 Å². The van der Waals surface area contributed by atoms with E-state index >= 15 is 0 Å². The second-order valence-corrected chi connectivity index (χ2v) is 2.39. The van der Waals surface area contributed by atoms with Crippen molar-refractivity contribution in [3.63, 3.8) is 0 Å². The molecule has 15 heavy (non-hydrogen) atoms. The standard InChI is InChI=1S/C6H8O6.H2O3/c7-1-2(8)5-3(9)4(10)6(11)12-5;1-3-2/h2,5,7-10H,1H2;1-2H/t2-,5+;/m0./s1. The summed E-state index contributed by atoms with van der Waals surface area (Å²) < 4.78 is 4.32. The number of hydrogen-bond acceptors (Lipinski definition) is 9. The minimum atomic E-state index is -1.42. The van der Waals surface area contributed by atoms with E-state index in [1.54, 1.807) is 0 Å². The lowest BCUT2D eigenvalue weighted by atomic mass is 10.2. The summed E-state index contributed by atoms with van der Waals surface area (Å²) in [6.45, 7) is -0.671. The molecule has 9 nitrogen and oxygen atoms in total. The van der Waals surface area contributed by atoms with E-state index in [4.69, 9.17) is 30.9 Å². The molecule has 0 aromatic heterocycles. The summed E-state index contributed by atoms with van der Waals surface area (Å²) in [4.78, 5) is 10.5. The van der Waals surface area contributed by atoms with Crippen LogP contribution in [0.25, 0.3) is 0 Å². The first kappa shape index (κ1) is 13.6. The van der Waals surface area contributed by atoms with Crippen molar-refractivity contribution in [3.05, 3.63) is 11.5 Å². The summed E-state index contributed by atoms with van der Waals surface area (Å²) in [5.74, 6) is -2.78. The predicted molar refractivity (Wildman–Crippen MR) is 41.6 cm³/mol. The zero-order valence-electron chi connectivity index (χ0n) is 7.27. The second kappa shape index (κ2) is 6.16. The molecule has 0 radical (unpaired) electrons. The summed E-state index contributed by atoms with van der Waals surface area (Å²) in [5, 5.41) is 50.5. The highest BCUT2D eigenvalue weighted by Crippen LogP contribution is 2.20. The van der Waals surface area contributed by atoms with E-state index in [-0.39, 0.29) is 0 Å². The Kier molecular flexibility index (Phi) is 5.59. The molecular weight excluding hydrogens is 216 g/mol. The largest absolute Gasteiger partial charge is 0.505 e. The summed E-state index contributed by atoms with van der Waals surface area (Å²) in [5.41, 5.74) is 0. The molecule has 1 aliphatic heterocycles. The van der Waals surface area contributed by atoms with E-state index in [1.807, 2.05) is 0 Å². The van der Waals surface area contributed by atoms with Crippen molar-refractivity contribution in [2.24, 2.45) is 0 Å². The third-order valence-electron chi connectivity index (χ3n) is 1.48. The zero-order chi connectivity index (χ0) is 12.0. The molecule has 0 aromatic carbocycles. The molecule has 0 amide bonds. The topological polar surface area (TPSA) is 157 Å². The lowest BCUT2D eigenvalue weighted by molar-refractivity contribution is -0.465. The lowest BCUT2D eigenvalue weighted by Crippen LogP contribution is -2.31. The van der Waals surface area contributed by atoms with Crippen molar-refractivity contribution < 1.29 is 45.5 Å². The Morgan fingerprint density at radius 3 is 2.13 bits per heavy atom. The van der Waals surface area contributed by atoms with Gasteiger partial charge in [-0.05, 0) is 0 Å². The molecule has 0 fully saturated rings. The van der Waals surface area contributed by atoms with Gasteiger partial charge in [0.1, 0.15) is 6.10 Å². The minimum Gasteiger partial charge on any atom is -0.505 e. The molecule has 1 aliphatic rings. The van der Waals surface area contributed by atoms with Gasteiger partial charge in [-0.1, -0.05) is 5.04 Å². The first-order chi connectivity index (χ1) is 6.99. The number of cyclic esters (lactones) is 1. The van der Waals surface area contributed by atoms with Crippen LogP contribution in [0.3, 0.4) is 0 Å². The van der Waals surface area contributed by atoms with Crippen LogP contribution in [0.15, 0.2) is 11.5 Å². The highest BCUT2D eigenvalue weighted by Gasteiger charge is 2.38. The maximum absolute atomic E-state index is 10.5. The normalized spacial score (nSPS) is 21.9. The summed E-state index contributed by atoms with van der Waals surface area (Å²) >= 11 is 0. The van der Waals surface area contributed by atoms with Crippen molar-refractivity contribution in [1.29, 1.82) is 0 Å². The molecule has 0 bridgehead atoms. The van der Waals surface area contributed by atoms with Gasteiger partial charge in [0, 0.05) is 0 Å². The van der Waals surface area contributed by atoms with Crippen LogP contribution >= 0.6 is 0 Å². The SMILES string of the molecule is O=C1O[C@H]([C@@H](O)CO)C(O)=C1O.OOO. The van der Waals surface area contributed by atoms with Crippen molar-refractivity contribution in [2.45, 2.75) is 12.2 Å². The van der Waals surface area contributed by atoms with Crippen LogP contribution in [-0.2, 0) is 14.6 Å². The number of aliphatic hydroxyl groups excluding tert-OH is 4. The van der Waals surface area contributed by atoms with E-state index < -0.39 is 36.3 Å². The van der Waals surface area contributed by atoms with Gasteiger partial charge in [-0.25, -0.2) is 15.3 Å². The zero-order valence-corrected chi connectivity index (χ0v) is 7.27. The monoisotopic (exact) mass is 226 g/mol. The van der Waals surface area contributed by atoms with Crippen LogP contribution < -0.4 is 0 Å². The van der Waals surface area contributed by atoms with Crippen LogP contribution in [0.1, 0.15) is 0 Å². The lowest BCUT2D eigenvalue weighted by Gasteiger charge is -2.13. The van der Waals surface area contributed by atoms with Gasteiger partial charge >= 0.3 is 5.97 Å². The smallest absolute Gasteiger partial charge is 0.377 e. The second-order valence-electron chi connectivity index (χ2n) is 2.39. The molecule has 0 unspecified atom stereocenters. The van der Waals surface area contributed by atoms with Crippen LogP contribution in [0.5, 0.6) is 0 Å². The number of hydrogen-bond donors (Lipinski definition) is 6. The maximum atomic E-state index is 10.5. The number of esters is 1. The van der Waals surface area contributed by atoms with Gasteiger partial charge < -0.3 is 25.2 Å². The van der Waals surface area contributed by atoms with E-state index in [1.165, 1.54) is 0 Å². The quantitative estimate of drug-likeness (QED) is 0.188. The van der Waals surface area contributed by atoms with E-state index in [9.17, 15) is 4.79 Å². The number of rotatable bonds is 2. The van der Waals surface area contributed by atoms with Gasteiger partial charge in [-0.15, -0.1) is 0 Å². The summed E-state index contributed by atoms with van der Waals surface area (Å²) in [6.07, 6.45) is -2.78. The Hall–Kier alpha value is -1.39. The third kappa shape index (κ3) is 3.34. The maximum Gasteiger partial charge on any atom is 0.377 e. The van der Waals surface area contributed by atoms with Crippen molar-refractivity contribution in [2.75, 3.05) is 6.61 Å². The Morgan fingerprint density at radius 1 is 1.40 bits per heavy atom. The Bertz CT molecular complexity index is 247. The molecule has 6 N–H and O–H groups in total. The fraction of sp³-hybridized carbons (Fsp3) is 0.500. The first-order valence-electron chi connectivity index (χ1n) is 3.56. The van der Waals surface area contributed by atoms with Gasteiger partial charge in [0.15, 0.2) is 11.9 Å². The van der Waals surface area contributed by atoms with Gasteiger partial charge in [-0.2, -0.15) is 0 Å². The number of carbonyl (C=O) groups excluding carboxylic acids is 1. The molecule has 0 aliphatic carbocycles. The fourth-order valence-corrected chi connectivity index (χ4v) is 0.823. The number of carbonyl (C=O) groups is 1. The highest BCUT2D eigenvalue weighted by atomic mass is 17.4. The van der Waals surface area contributed by atoms with Gasteiger partial charge in [0.05, 0.1) is 6.61 Å². The molecule has 0 saturated carbocycles. The van der Waals surface area contributed by atoms with Crippen molar-refractivity contribution >= 4 is 5.97 Å². The third-order valence-corrected chi connectivity index (χ3v) is 1.48. The van der Waals surface area contributed by atoms with Crippen LogP contribution in [0, 0.1) is 0 Å².